The number of anilines is 1. The number of ether oxygens (including phenoxy) is 1. The number of benzene rings is 1. The van der Waals surface area contributed by atoms with Gasteiger partial charge in [-0.05, 0) is 30.7 Å². The highest BCUT2D eigenvalue weighted by molar-refractivity contribution is 9.10. The van der Waals surface area contributed by atoms with Gasteiger partial charge in [-0.25, -0.2) is 13.4 Å². The Hall–Kier alpha value is -1.31. The highest BCUT2D eigenvalue weighted by Gasteiger charge is 2.22. The second-order valence-corrected chi connectivity index (χ2v) is 7.12. The van der Waals surface area contributed by atoms with E-state index in [0.29, 0.717) is 5.69 Å². The standard InChI is InChI=1S/C13H12BrClN2O3S/c1-8-10(14)4-3-5-11(8)17-21(18,19)12-6-9(15)7-16-13(12)20-2/h3-7,17H,1-2H3. The first-order valence-electron chi connectivity index (χ1n) is 5.82. The van der Waals surface area contributed by atoms with E-state index in [1.165, 1.54) is 19.4 Å². The normalized spacial score (nSPS) is 11.2. The predicted molar refractivity (Wildman–Crippen MR) is 85.5 cm³/mol. The number of sulfonamides is 1. The summed E-state index contributed by atoms with van der Waals surface area (Å²) >= 11 is 9.18. The van der Waals surface area contributed by atoms with Gasteiger partial charge in [-0.15, -0.1) is 0 Å². The fourth-order valence-electron chi connectivity index (χ4n) is 1.67. The van der Waals surface area contributed by atoms with E-state index in [-0.39, 0.29) is 15.8 Å². The van der Waals surface area contributed by atoms with Crippen molar-refractivity contribution in [1.82, 2.24) is 4.98 Å². The fourth-order valence-corrected chi connectivity index (χ4v) is 3.53. The molecule has 0 spiro atoms. The summed E-state index contributed by atoms with van der Waals surface area (Å²) in [6, 6.07) is 6.53. The van der Waals surface area contributed by atoms with Gasteiger partial charge in [0.1, 0.15) is 0 Å². The third-order valence-corrected chi connectivity index (χ3v) is 5.21. The molecule has 1 heterocycles. The first kappa shape index (κ1) is 16.1. The summed E-state index contributed by atoms with van der Waals surface area (Å²) < 4.78 is 33.3. The Kier molecular flexibility index (Phi) is 4.75. The molecule has 1 N–H and O–H groups in total. The van der Waals surface area contributed by atoms with E-state index in [0.717, 1.165) is 10.0 Å². The zero-order valence-electron chi connectivity index (χ0n) is 11.2. The monoisotopic (exact) mass is 390 g/mol. The second kappa shape index (κ2) is 6.21. The summed E-state index contributed by atoms with van der Waals surface area (Å²) in [4.78, 5) is 3.75. The number of pyridine rings is 1. The van der Waals surface area contributed by atoms with Crippen molar-refractivity contribution in [3.8, 4) is 5.88 Å². The van der Waals surface area contributed by atoms with Crippen LogP contribution in [0.5, 0.6) is 5.88 Å². The van der Waals surface area contributed by atoms with E-state index in [2.05, 4.69) is 25.6 Å². The lowest BCUT2D eigenvalue weighted by atomic mass is 10.2. The van der Waals surface area contributed by atoms with Crippen LogP contribution in [0.3, 0.4) is 0 Å². The fraction of sp³-hybridized carbons (Fsp3) is 0.154. The Balaban J connectivity index is 2.48. The maximum Gasteiger partial charge on any atom is 0.267 e. The molecule has 0 bridgehead atoms. The van der Waals surface area contributed by atoms with Crippen LogP contribution in [0, 0.1) is 6.92 Å². The summed E-state index contributed by atoms with van der Waals surface area (Å²) in [6.07, 6.45) is 1.32. The molecule has 1 aromatic heterocycles. The van der Waals surface area contributed by atoms with Gasteiger partial charge >= 0.3 is 0 Å². The van der Waals surface area contributed by atoms with Crippen molar-refractivity contribution in [2.24, 2.45) is 0 Å². The maximum atomic E-state index is 12.5. The van der Waals surface area contributed by atoms with Crippen LogP contribution in [0.2, 0.25) is 5.02 Å². The Morgan fingerprint density at radius 1 is 1.38 bits per heavy atom. The van der Waals surface area contributed by atoms with Crippen LogP contribution in [0.1, 0.15) is 5.56 Å². The quantitative estimate of drug-likeness (QED) is 0.864. The van der Waals surface area contributed by atoms with Gasteiger partial charge in [0.05, 0.1) is 17.8 Å². The van der Waals surface area contributed by atoms with Gasteiger partial charge in [0.25, 0.3) is 10.0 Å². The lowest BCUT2D eigenvalue weighted by Crippen LogP contribution is -2.15. The molecular weight excluding hydrogens is 380 g/mol. The molecule has 2 aromatic rings. The number of rotatable bonds is 4. The van der Waals surface area contributed by atoms with Crippen molar-refractivity contribution in [1.29, 1.82) is 0 Å². The van der Waals surface area contributed by atoms with E-state index >= 15 is 0 Å². The SMILES string of the molecule is COc1ncc(Cl)cc1S(=O)(=O)Nc1cccc(Br)c1C. The number of nitrogens with zero attached hydrogens (tertiary/aromatic N) is 1. The number of hydrogen-bond acceptors (Lipinski definition) is 4. The summed E-state index contributed by atoms with van der Waals surface area (Å²) in [6.45, 7) is 1.80. The largest absolute Gasteiger partial charge is 0.480 e. The van der Waals surface area contributed by atoms with Gasteiger partial charge in [0.2, 0.25) is 5.88 Å². The third-order valence-electron chi connectivity index (χ3n) is 2.78. The van der Waals surface area contributed by atoms with Gasteiger partial charge in [0, 0.05) is 10.7 Å². The minimum absolute atomic E-state index is 0.0143. The molecule has 0 aliphatic carbocycles. The molecule has 0 saturated heterocycles. The van der Waals surface area contributed by atoms with Gasteiger partial charge < -0.3 is 4.74 Å². The summed E-state index contributed by atoms with van der Waals surface area (Å²) in [7, 11) is -2.51. The average Bonchev–Trinajstić information content (AvgIpc) is 2.44. The topological polar surface area (TPSA) is 68.3 Å². The van der Waals surface area contributed by atoms with Gasteiger partial charge in [-0.3, -0.25) is 4.72 Å². The van der Waals surface area contributed by atoms with Crippen molar-refractivity contribution in [2.45, 2.75) is 11.8 Å². The summed E-state index contributed by atoms with van der Waals surface area (Å²) in [5.41, 5.74) is 1.24. The van der Waals surface area contributed by atoms with E-state index in [1.807, 2.05) is 6.07 Å². The Morgan fingerprint density at radius 3 is 2.76 bits per heavy atom. The van der Waals surface area contributed by atoms with Crippen LogP contribution in [0.4, 0.5) is 5.69 Å². The minimum atomic E-state index is -3.86. The van der Waals surface area contributed by atoms with Crippen molar-refractivity contribution < 1.29 is 13.2 Å². The molecule has 1 aromatic carbocycles. The number of hydrogen-bond donors (Lipinski definition) is 1. The van der Waals surface area contributed by atoms with Crippen molar-refractivity contribution >= 4 is 43.2 Å². The van der Waals surface area contributed by atoms with E-state index in [9.17, 15) is 8.42 Å². The van der Waals surface area contributed by atoms with E-state index in [4.69, 9.17) is 16.3 Å². The Morgan fingerprint density at radius 2 is 2.10 bits per heavy atom. The second-order valence-electron chi connectivity index (χ2n) is 4.18. The molecule has 21 heavy (non-hydrogen) atoms. The molecule has 0 radical (unpaired) electrons. The van der Waals surface area contributed by atoms with Crippen molar-refractivity contribution in [2.75, 3.05) is 11.8 Å². The van der Waals surface area contributed by atoms with Crippen molar-refractivity contribution in [3.05, 3.63) is 45.5 Å². The highest BCUT2D eigenvalue weighted by atomic mass is 79.9. The average molecular weight is 392 g/mol. The number of nitrogens with one attached hydrogen (secondary N) is 1. The van der Waals surface area contributed by atoms with Gasteiger partial charge in [0.15, 0.2) is 4.90 Å². The van der Waals surface area contributed by atoms with Crippen LogP contribution < -0.4 is 9.46 Å². The molecule has 0 amide bonds. The molecule has 8 heteroatoms. The molecule has 112 valence electrons. The zero-order chi connectivity index (χ0) is 15.6. The molecule has 0 saturated carbocycles. The maximum absolute atomic E-state index is 12.5. The Labute approximate surface area is 136 Å². The summed E-state index contributed by atoms with van der Waals surface area (Å²) in [5, 5.41) is 0.210. The number of aromatic nitrogens is 1. The van der Waals surface area contributed by atoms with Gasteiger partial charge in [-0.1, -0.05) is 33.6 Å². The first-order valence-corrected chi connectivity index (χ1v) is 8.48. The molecule has 0 aliphatic heterocycles. The number of halogens is 2. The molecule has 0 atom stereocenters. The zero-order valence-corrected chi connectivity index (χ0v) is 14.4. The van der Waals surface area contributed by atoms with Gasteiger partial charge in [-0.2, -0.15) is 0 Å². The number of methoxy groups -OCH3 is 1. The lowest BCUT2D eigenvalue weighted by molar-refractivity contribution is 0.385. The molecular formula is C13H12BrClN2O3S. The van der Waals surface area contributed by atoms with E-state index < -0.39 is 10.0 Å². The molecule has 0 unspecified atom stereocenters. The highest BCUT2D eigenvalue weighted by Crippen LogP contribution is 2.29. The van der Waals surface area contributed by atoms with Crippen LogP contribution >= 0.6 is 27.5 Å². The molecule has 0 aliphatic rings. The van der Waals surface area contributed by atoms with Crippen LogP contribution in [-0.2, 0) is 10.0 Å². The minimum Gasteiger partial charge on any atom is -0.480 e. The van der Waals surface area contributed by atoms with Crippen LogP contribution in [0.25, 0.3) is 0 Å². The lowest BCUT2D eigenvalue weighted by Gasteiger charge is -2.13. The molecule has 0 fully saturated rings. The third kappa shape index (κ3) is 3.48. The summed E-state index contributed by atoms with van der Waals surface area (Å²) in [5.74, 6) is -0.0143. The van der Waals surface area contributed by atoms with Crippen molar-refractivity contribution in [3.63, 3.8) is 0 Å². The smallest absolute Gasteiger partial charge is 0.267 e. The van der Waals surface area contributed by atoms with Crippen LogP contribution in [0.15, 0.2) is 39.8 Å². The first-order chi connectivity index (χ1) is 9.85. The predicted octanol–water partition coefficient (Wildman–Crippen LogP) is 3.62. The molecule has 5 nitrogen and oxygen atoms in total. The molecule has 2 rings (SSSR count). The van der Waals surface area contributed by atoms with Crippen LogP contribution in [-0.4, -0.2) is 20.5 Å². The Bertz CT molecular complexity index is 781. The van der Waals surface area contributed by atoms with E-state index in [1.54, 1.807) is 19.1 Å².